The smallest absolute Gasteiger partial charge is 0.129 e. The predicted molar refractivity (Wildman–Crippen MR) is 74.4 cm³/mol. The van der Waals surface area contributed by atoms with Crippen LogP contribution in [0.25, 0.3) is 0 Å². The summed E-state index contributed by atoms with van der Waals surface area (Å²) in [6.45, 7) is 0.808. The molecule has 0 radical (unpaired) electrons. The Morgan fingerprint density at radius 2 is 1.82 bits per heavy atom. The fourth-order valence-electron chi connectivity index (χ4n) is 1.70. The molecule has 0 spiro atoms. The third-order valence-corrected chi connectivity index (χ3v) is 3.26. The van der Waals surface area contributed by atoms with Crippen LogP contribution in [0, 0.1) is 0 Å². The number of hydrogen-bond acceptors (Lipinski definition) is 2. The Labute approximate surface area is 110 Å². The number of anilines is 1. The second kappa shape index (κ2) is 5.23. The molecule has 2 nitrogen and oxygen atoms in total. The molecule has 2 aromatic rings. The molecule has 0 aliphatic carbocycles. The molecule has 0 heterocycles. The number of phenols is 1. The topological polar surface area (TPSA) is 23.5 Å². The lowest BCUT2D eigenvalue weighted by molar-refractivity contribution is 0.471. The van der Waals surface area contributed by atoms with Crippen LogP contribution in [-0.2, 0) is 6.54 Å². The van der Waals surface area contributed by atoms with Gasteiger partial charge >= 0.3 is 0 Å². The van der Waals surface area contributed by atoms with Gasteiger partial charge in [-0.15, -0.1) is 0 Å². The largest absolute Gasteiger partial charge is 0.507 e. The maximum absolute atomic E-state index is 9.43. The third-order valence-electron chi connectivity index (χ3n) is 2.63. The average Bonchev–Trinajstić information content (AvgIpc) is 2.35. The number of benzene rings is 2. The number of rotatable bonds is 3. The summed E-state index contributed by atoms with van der Waals surface area (Å²) in [7, 11) is 2.05. The van der Waals surface area contributed by atoms with Gasteiger partial charge in [-0.05, 0) is 45.8 Å². The molecule has 0 fully saturated rings. The van der Waals surface area contributed by atoms with Crippen molar-refractivity contribution in [1.29, 1.82) is 0 Å². The van der Waals surface area contributed by atoms with Crippen LogP contribution in [0.2, 0.25) is 0 Å². The van der Waals surface area contributed by atoms with Gasteiger partial charge in [0.2, 0.25) is 0 Å². The molecule has 0 saturated heterocycles. The lowest BCUT2D eigenvalue weighted by Gasteiger charge is -2.19. The van der Waals surface area contributed by atoms with Crippen molar-refractivity contribution in [3.63, 3.8) is 0 Å². The molecule has 17 heavy (non-hydrogen) atoms. The van der Waals surface area contributed by atoms with Gasteiger partial charge in [-0.25, -0.2) is 0 Å². The van der Waals surface area contributed by atoms with Crippen LogP contribution < -0.4 is 4.90 Å². The molecular formula is C14H14BrNO. The van der Waals surface area contributed by atoms with Crippen molar-refractivity contribution >= 4 is 21.6 Å². The van der Waals surface area contributed by atoms with Gasteiger partial charge in [0.15, 0.2) is 0 Å². The van der Waals surface area contributed by atoms with E-state index in [0.717, 1.165) is 16.6 Å². The van der Waals surface area contributed by atoms with Crippen LogP contribution in [0.1, 0.15) is 5.56 Å². The predicted octanol–water partition coefficient (Wildman–Crippen LogP) is 3.79. The van der Waals surface area contributed by atoms with Gasteiger partial charge in [0.05, 0.1) is 4.47 Å². The summed E-state index contributed by atoms with van der Waals surface area (Å²) in [6, 6.07) is 15.8. The molecule has 2 aromatic carbocycles. The van der Waals surface area contributed by atoms with E-state index in [1.165, 1.54) is 5.69 Å². The summed E-state index contributed by atoms with van der Waals surface area (Å²) in [5.74, 6) is 0.274. The fraction of sp³-hybridized carbons (Fsp3) is 0.143. The highest BCUT2D eigenvalue weighted by molar-refractivity contribution is 9.10. The summed E-state index contributed by atoms with van der Waals surface area (Å²) in [4.78, 5) is 2.17. The van der Waals surface area contributed by atoms with E-state index in [0.29, 0.717) is 0 Å². The summed E-state index contributed by atoms with van der Waals surface area (Å²) in [5, 5.41) is 9.43. The van der Waals surface area contributed by atoms with Gasteiger partial charge in [0.1, 0.15) is 5.75 Å². The Balaban J connectivity index is 2.13. The van der Waals surface area contributed by atoms with Crippen LogP contribution >= 0.6 is 15.9 Å². The van der Waals surface area contributed by atoms with E-state index in [2.05, 4.69) is 40.0 Å². The number of nitrogens with zero attached hydrogens (tertiary/aromatic N) is 1. The molecule has 0 aliphatic heterocycles. The lowest BCUT2D eigenvalue weighted by atomic mass is 10.2. The Morgan fingerprint density at radius 1 is 1.12 bits per heavy atom. The van der Waals surface area contributed by atoms with Crippen molar-refractivity contribution in [3.05, 3.63) is 58.6 Å². The quantitative estimate of drug-likeness (QED) is 0.930. The van der Waals surface area contributed by atoms with Gasteiger partial charge in [-0.3, -0.25) is 0 Å². The Morgan fingerprint density at radius 3 is 2.47 bits per heavy atom. The molecular weight excluding hydrogens is 278 g/mol. The maximum Gasteiger partial charge on any atom is 0.129 e. The molecule has 0 unspecified atom stereocenters. The normalized spacial score (nSPS) is 10.2. The van der Waals surface area contributed by atoms with Crippen molar-refractivity contribution in [1.82, 2.24) is 0 Å². The molecule has 88 valence electrons. The highest BCUT2D eigenvalue weighted by atomic mass is 79.9. The number of para-hydroxylation sites is 1. The minimum absolute atomic E-state index is 0.274. The van der Waals surface area contributed by atoms with Gasteiger partial charge < -0.3 is 10.0 Å². The van der Waals surface area contributed by atoms with E-state index in [1.807, 2.05) is 30.3 Å². The molecule has 0 atom stereocenters. The van der Waals surface area contributed by atoms with Crippen LogP contribution in [0.5, 0.6) is 5.75 Å². The number of phenolic OH excluding ortho intramolecular Hbond substituents is 1. The van der Waals surface area contributed by atoms with E-state index >= 15 is 0 Å². The Kier molecular flexibility index (Phi) is 3.69. The average molecular weight is 292 g/mol. The van der Waals surface area contributed by atoms with E-state index in [1.54, 1.807) is 6.07 Å². The monoisotopic (exact) mass is 291 g/mol. The zero-order valence-electron chi connectivity index (χ0n) is 9.60. The van der Waals surface area contributed by atoms with Crippen molar-refractivity contribution in [3.8, 4) is 5.75 Å². The first-order valence-electron chi connectivity index (χ1n) is 5.40. The van der Waals surface area contributed by atoms with E-state index in [4.69, 9.17) is 0 Å². The summed E-state index contributed by atoms with van der Waals surface area (Å²) in [6.07, 6.45) is 0. The number of aromatic hydroxyl groups is 1. The highest BCUT2D eigenvalue weighted by Gasteiger charge is 2.03. The van der Waals surface area contributed by atoms with E-state index < -0.39 is 0 Å². The molecule has 0 amide bonds. The maximum atomic E-state index is 9.43. The SMILES string of the molecule is CN(Cc1ccc(O)c(Br)c1)c1ccccc1. The summed E-state index contributed by atoms with van der Waals surface area (Å²) >= 11 is 3.32. The molecule has 0 bridgehead atoms. The van der Waals surface area contributed by atoms with Crippen LogP contribution in [0.3, 0.4) is 0 Å². The zero-order valence-corrected chi connectivity index (χ0v) is 11.2. The second-order valence-corrected chi connectivity index (χ2v) is 4.83. The van der Waals surface area contributed by atoms with Crippen molar-refractivity contribution in [2.45, 2.75) is 6.54 Å². The molecule has 0 aliphatic rings. The van der Waals surface area contributed by atoms with Gasteiger partial charge in [-0.1, -0.05) is 24.3 Å². The second-order valence-electron chi connectivity index (χ2n) is 3.98. The summed E-state index contributed by atoms with van der Waals surface area (Å²) < 4.78 is 0.733. The van der Waals surface area contributed by atoms with Crippen molar-refractivity contribution < 1.29 is 5.11 Å². The standard InChI is InChI=1S/C14H14BrNO/c1-16(12-5-3-2-4-6-12)10-11-7-8-14(17)13(15)9-11/h2-9,17H,10H2,1H3. The first-order chi connectivity index (χ1) is 8.16. The van der Waals surface area contributed by atoms with E-state index in [-0.39, 0.29) is 5.75 Å². The molecule has 0 aromatic heterocycles. The van der Waals surface area contributed by atoms with Gasteiger partial charge in [0, 0.05) is 19.3 Å². The van der Waals surface area contributed by atoms with Crippen molar-refractivity contribution in [2.75, 3.05) is 11.9 Å². The highest BCUT2D eigenvalue weighted by Crippen LogP contribution is 2.25. The Bertz CT molecular complexity index is 499. The zero-order chi connectivity index (χ0) is 12.3. The number of halogens is 1. The lowest BCUT2D eigenvalue weighted by Crippen LogP contribution is -2.15. The van der Waals surface area contributed by atoms with Crippen LogP contribution in [0.15, 0.2) is 53.0 Å². The molecule has 2 rings (SSSR count). The summed E-state index contributed by atoms with van der Waals surface area (Å²) in [5.41, 5.74) is 2.33. The minimum Gasteiger partial charge on any atom is -0.507 e. The number of hydrogen-bond donors (Lipinski definition) is 1. The van der Waals surface area contributed by atoms with Crippen LogP contribution in [0.4, 0.5) is 5.69 Å². The van der Waals surface area contributed by atoms with Gasteiger partial charge in [-0.2, -0.15) is 0 Å². The first kappa shape index (κ1) is 12.0. The fourth-order valence-corrected chi connectivity index (χ4v) is 2.12. The Hall–Kier alpha value is -1.48. The molecule has 1 N–H and O–H groups in total. The van der Waals surface area contributed by atoms with Crippen LogP contribution in [-0.4, -0.2) is 12.2 Å². The van der Waals surface area contributed by atoms with Gasteiger partial charge in [0.25, 0.3) is 0 Å². The van der Waals surface area contributed by atoms with E-state index in [9.17, 15) is 5.11 Å². The third kappa shape index (κ3) is 3.01. The minimum atomic E-state index is 0.274. The molecule has 3 heteroatoms. The molecule has 0 saturated carbocycles. The first-order valence-corrected chi connectivity index (χ1v) is 6.19. The van der Waals surface area contributed by atoms with Crippen molar-refractivity contribution in [2.24, 2.45) is 0 Å².